The van der Waals surface area contributed by atoms with Gasteiger partial charge in [-0.1, -0.05) is 228 Å². The molecule has 0 saturated heterocycles. The smallest absolute Gasteiger partial charge is 0.0620 e. The van der Waals surface area contributed by atoms with Crippen molar-refractivity contribution in [1.29, 1.82) is 0 Å². The van der Waals surface area contributed by atoms with Gasteiger partial charge < -0.3 is 19.6 Å². The van der Waals surface area contributed by atoms with Gasteiger partial charge >= 0.3 is 0 Å². The lowest BCUT2D eigenvalue weighted by Crippen LogP contribution is -2.15. The second kappa shape index (κ2) is 26.2. The third-order valence-electron chi connectivity index (χ3n) is 18.5. The van der Waals surface area contributed by atoms with Crippen LogP contribution in [0.4, 0.5) is 68.2 Å². The fourth-order valence-corrected chi connectivity index (χ4v) is 13.2. The molecule has 15 aromatic carbocycles. The maximum atomic E-state index is 2.49. The van der Waals surface area contributed by atoms with Crippen LogP contribution in [-0.4, -0.2) is 0 Å². The van der Waals surface area contributed by atoms with E-state index < -0.39 is 0 Å². The second-order valence-electron chi connectivity index (χ2n) is 25.6. The number of rotatable bonds is 16. The van der Waals surface area contributed by atoms with Crippen LogP contribution in [0.3, 0.4) is 0 Å². The first-order valence-corrected chi connectivity index (χ1v) is 33.2. The summed E-state index contributed by atoms with van der Waals surface area (Å²) in [4.78, 5) is 9.63. The summed E-state index contributed by atoms with van der Waals surface area (Å²) in [6, 6.07) is 116. The third-order valence-corrected chi connectivity index (χ3v) is 18.5. The molecule has 0 heterocycles. The van der Waals surface area contributed by atoms with E-state index in [1.54, 1.807) is 0 Å². The van der Waals surface area contributed by atoms with Gasteiger partial charge in [-0.2, -0.15) is 0 Å². The molecule has 0 spiro atoms. The molecule has 15 aromatic rings. The minimum absolute atomic E-state index is 1.06. The Hall–Kier alpha value is -12.0. The zero-order valence-corrected chi connectivity index (χ0v) is 55.1. The predicted octanol–water partition coefficient (Wildman–Crippen LogP) is 26.4. The summed E-state index contributed by atoms with van der Waals surface area (Å²) in [5.41, 5.74) is 25.1. The topological polar surface area (TPSA) is 13.0 Å². The summed E-state index contributed by atoms with van der Waals surface area (Å²) in [7, 11) is 0. The van der Waals surface area contributed by atoms with Gasteiger partial charge in [-0.25, -0.2) is 0 Å². The Morgan fingerprint density at radius 1 is 0.177 bits per heavy atom. The SMILES string of the molecule is Cc1ccc(N(c2ccc(C)cc2)c2ccc(C=Cc3ccc(N(c4ccc(C)cc4)c4c5cc6ccccc6cc5c(N(c5ccc(C)cc5)c5ccc(C=Cc6ccc(N(c7ccc(C)cc7)c7ccc(C)cc7)cc6)cc5)c5cc6ccccc6cc45)cc3)cc2)cc1. The number of hydrogen-bond donors (Lipinski definition) is 0. The van der Waals surface area contributed by atoms with Gasteiger partial charge in [-0.3, -0.25) is 0 Å². The standard InChI is InChI=1S/C92H74N4/c1-63-15-39-77(40-16-63)93(78-41-17-64(2)18-42-78)81-51-31-69(32-52-81)27-29-71-35-55-85(56-36-71)95(83-47-23-67(5)24-48-83)91-87-59-73-11-7-9-13-75(73)61-89(87)92(90-62-76-14-10-8-12-74(76)60-88(90)91)96(84-49-25-68(6)26-50-84)86-57-37-72(38-58-86)30-28-70-33-53-82(54-34-70)94(79-43-19-65(3)20-44-79)80-45-21-66(4)22-46-80/h7-62H,1-6H3. The summed E-state index contributed by atoms with van der Waals surface area (Å²) in [5, 5.41) is 9.28. The van der Waals surface area contributed by atoms with E-state index in [4.69, 9.17) is 0 Å². The predicted molar refractivity (Wildman–Crippen MR) is 414 cm³/mol. The van der Waals surface area contributed by atoms with Crippen LogP contribution in [0.2, 0.25) is 0 Å². The Morgan fingerprint density at radius 2 is 0.333 bits per heavy atom. The van der Waals surface area contributed by atoms with Crippen LogP contribution in [0.25, 0.3) is 67.4 Å². The van der Waals surface area contributed by atoms with Gasteiger partial charge in [0.05, 0.1) is 11.4 Å². The quantitative estimate of drug-likeness (QED) is 0.0543. The van der Waals surface area contributed by atoms with E-state index in [1.165, 1.54) is 54.9 Å². The van der Waals surface area contributed by atoms with Crippen molar-refractivity contribution in [2.45, 2.75) is 41.5 Å². The van der Waals surface area contributed by atoms with E-state index in [-0.39, 0.29) is 0 Å². The van der Waals surface area contributed by atoms with E-state index in [1.807, 2.05) is 0 Å². The van der Waals surface area contributed by atoms with Gasteiger partial charge in [-0.15, -0.1) is 0 Å². The van der Waals surface area contributed by atoms with Gasteiger partial charge in [0.2, 0.25) is 0 Å². The van der Waals surface area contributed by atoms with Crippen molar-refractivity contribution in [2.75, 3.05) is 19.6 Å². The second-order valence-corrected chi connectivity index (χ2v) is 25.6. The van der Waals surface area contributed by atoms with E-state index in [0.717, 1.165) is 112 Å². The van der Waals surface area contributed by atoms with E-state index in [2.05, 4.69) is 401 Å². The molecular weight excluding hydrogens is 1160 g/mol. The highest BCUT2D eigenvalue weighted by molar-refractivity contribution is 6.27. The molecule has 0 aliphatic rings. The van der Waals surface area contributed by atoms with Crippen molar-refractivity contribution in [3.63, 3.8) is 0 Å². The monoisotopic (exact) mass is 1230 g/mol. The third kappa shape index (κ3) is 12.4. The molecule has 0 atom stereocenters. The average molecular weight is 1240 g/mol. The molecule has 0 N–H and O–H groups in total. The van der Waals surface area contributed by atoms with Crippen LogP contribution < -0.4 is 19.6 Å². The van der Waals surface area contributed by atoms with Crippen molar-refractivity contribution in [2.24, 2.45) is 0 Å². The molecule has 0 bridgehead atoms. The minimum atomic E-state index is 1.06. The maximum absolute atomic E-state index is 2.49. The number of nitrogens with zero attached hydrogens (tertiary/aromatic N) is 4. The Morgan fingerprint density at radius 3 is 0.510 bits per heavy atom. The lowest BCUT2D eigenvalue weighted by atomic mass is 9.91. The van der Waals surface area contributed by atoms with Crippen LogP contribution in [0, 0.1) is 41.5 Å². The highest BCUT2D eigenvalue weighted by Gasteiger charge is 2.27. The molecule has 462 valence electrons. The number of anilines is 12. The Kier molecular flexibility index (Phi) is 16.4. The zero-order valence-electron chi connectivity index (χ0n) is 55.1. The molecule has 15 rings (SSSR count). The lowest BCUT2D eigenvalue weighted by Gasteiger charge is -2.33. The summed E-state index contributed by atoms with van der Waals surface area (Å²) in [6.07, 6.45) is 8.87. The van der Waals surface area contributed by atoms with E-state index in [0.29, 0.717) is 0 Å². The first kappa shape index (κ1) is 60.3. The molecule has 0 radical (unpaired) electrons. The fourth-order valence-electron chi connectivity index (χ4n) is 13.2. The molecular formula is C92H74N4. The normalized spacial score (nSPS) is 11.6. The molecule has 0 fully saturated rings. The molecule has 4 heteroatoms. The molecule has 0 saturated carbocycles. The number of fused-ring (bicyclic) bond motifs is 4. The van der Waals surface area contributed by atoms with Crippen molar-refractivity contribution < 1.29 is 0 Å². The van der Waals surface area contributed by atoms with Gasteiger partial charge in [0.15, 0.2) is 0 Å². The maximum Gasteiger partial charge on any atom is 0.0620 e. The van der Waals surface area contributed by atoms with Crippen molar-refractivity contribution >= 4 is 136 Å². The minimum Gasteiger partial charge on any atom is -0.311 e. The summed E-state index contributed by atoms with van der Waals surface area (Å²) >= 11 is 0. The number of aryl methyl sites for hydroxylation is 6. The van der Waals surface area contributed by atoms with E-state index in [9.17, 15) is 0 Å². The summed E-state index contributed by atoms with van der Waals surface area (Å²) in [5.74, 6) is 0. The Labute approximate surface area is 564 Å². The molecule has 0 amide bonds. The van der Waals surface area contributed by atoms with E-state index >= 15 is 0 Å². The van der Waals surface area contributed by atoms with Crippen LogP contribution >= 0.6 is 0 Å². The van der Waals surface area contributed by atoms with Gasteiger partial charge in [0.1, 0.15) is 0 Å². The molecule has 4 nitrogen and oxygen atoms in total. The fraction of sp³-hybridized carbons (Fsp3) is 0.0652. The molecule has 0 aliphatic carbocycles. The zero-order chi connectivity index (χ0) is 65.2. The highest BCUT2D eigenvalue weighted by atomic mass is 15.2. The summed E-state index contributed by atoms with van der Waals surface area (Å²) in [6.45, 7) is 12.9. The molecule has 96 heavy (non-hydrogen) atoms. The highest BCUT2D eigenvalue weighted by Crippen LogP contribution is 2.53. The van der Waals surface area contributed by atoms with Crippen molar-refractivity contribution in [3.8, 4) is 0 Å². The average Bonchev–Trinajstić information content (AvgIpc) is 0.712. The van der Waals surface area contributed by atoms with Crippen LogP contribution in [0.15, 0.2) is 315 Å². The Balaban J connectivity index is 0.825. The van der Waals surface area contributed by atoms with Crippen molar-refractivity contribution in [1.82, 2.24) is 0 Å². The molecule has 0 aliphatic heterocycles. The van der Waals surface area contributed by atoms with Gasteiger partial charge in [-0.05, 0) is 231 Å². The first-order chi connectivity index (χ1) is 47.0. The van der Waals surface area contributed by atoms with Gasteiger partial charge in [0, 0.05) is 78.4 Å². The molecule has 0 aromatic heterocycles. The Bertz CT molecular complexity index is 4800. The van der Waals surface area contributed by atoms with Crippen LogP contribution in [0.5, 0.6) is 0 Å². The van der Waals surface area contributed by atoms with Crippen molar-refractivity contribution in [3.05, 3.63) is 371 Å². The summed E-state index contributed by atoms with van der Waals surface area (Å²) < 4.78 is 0. The van der Waals surface area contributed by atoms with Gasteiger partial charge in [0.25, 0.3) is 0 Å². The largest absolute Gasteiger partial charge is 0.311 e. The van der Waals surface area contributed by atoms with Crippen LogP contribution in [-0.2, 0) is 0 Å². The first-order valence-electron chi connectivity index (χ1n) is 33.2. The molecule has 0 unspecified atom stereocenters. The number of hydrogen-bond acceptors (Lipinski definition) is 4. The van der Waals surface area contributed by atoms with Crippen LogP contribution in [0.1, 0.15) is 55.6 Å². The number of benzene rings is 15. The lowest BCUT2D eigenvalue weighted by molar-refractivity contribution is 1.27.